The van der Waals surface area contributed by atoms with Gasteiger partial charge in [-0.3, -0.25) is 9.13 Å². The average Bonchev–Trinajstić information content (AvgIpc) is 3.73. The van der Waals surface area contributed by atoms with E-state index in [1.165, 1.54) is 56.9 Å². The minimum Gasteiger partial charge on any atom is -0.378 e. The summed E-state index contributed by atoms with van der Waals surface area (Å²) >= 11 is 3.53. The Kier molecular flexibility index (Phi) is 14.1. The maximum Gasteiger partial charge on any atom is 0.326 e. The second kappa shape index (κ2) is 19.2. The van der Waals surface area contributed by atoms with Gasteiger partial charge in [-0.1, -0.05) is 42.8 Å². The predicted molar refractivity (Wildman–Crippen MR) is 226 cm³/mol. The zero-order chi connectivity index (χ0) is 38.3. The number of likely N-dealkylation sites (tertiary alicyclic amines) is 2. The van der Waals surface area contributed by atoms with E-state index in [1.807, 2.05) is 21.3 Å². The van der Waals surface area contributed by atoms with Gasteiger partial charge in [0.2, 0.25) is 0 Å². The molecule has 0 unspecified atom stereocenters. The minimum absolute atomic E-state index is 0.0233. The van der Waals surface area contributed by atoms with Gasteiger partial charge >= 0.3 is 11.4 Å². The Morgan fingerprint density at radius 3 is 1.45 bits per heavy atom. The highest BCUT2D eigenvalue weighted by Crippen LogP contribution is 2.33. The molecule has 4 heterocycles. The van der Waals surface area contributed by atoms with Crippen molar-refractivity contribution < 1.29 is 9.47 Å². The molecule has 2 N–H and O–H groups in total. The van der Waals surface area contributed by atoms with E-state index in [9.17, 15) is 9.59 Å². The first-order valence-corrected chi connectivity index (χ1v) is 22.5. The van der Waals surface area contributed by atoms with Gasteiger partial charge < -0.3 is 29.2 Å². The lowest BCUT2D eigenvalue weighted by Gasteiger charge is -2.41. The molecular formula is C44H65BrN6O4. The maximum absolute atomic E-state index is 12.6. The van der Waals surface area contributed by atoms with Crippen molar-refractivity contribution in [1.29, 1.82) is 0 Å². The second-order valence-electron chi connectivity index (χ2n) is 16.6. The molecule has 2 saturated heterocycles. The van der Waals surface area contributed by atoms with Crippen LogP contribution in [0.15, 0.2) is 50.5 Å². The van der Waals surface area contributed by atoms with Gasteiger partial charge in [-0.2, -0.15) is 0 Å². The number of aryl methyl sites for hydroxylation is 1. The van der Waals surface area contributed by atoms with Crippen LogP contribution in [0.2, 0.25) is 0 Å². The third kappa shape index (κ3) is 9.71. The van der Waals surface area contributed by atoms with Crippen molar-refractivity contribution in [2.24, 2.45) is 0 Å². The van der Waals surface area contributed by atoms with Gasteiger partial charge in [-0.15, -0.1) is 0 Å². The molecule has 10 nitrogen and oxygen atoms in total. The van der Waals surface area contributed by atoms with Crippen LogP contribution < -0.4 is 11.4 Å². The van der Waals surface area contributed by atoms with Crippen molar-refractivity contribution in [1.82, 2.24) is 28.9 Å². The third-order valence-electron chi connectivity index (χ3n) is 13.0. The highest BCUT2D eigenvalue weighted by atomic mass is 79.9. The highest BCUT2D eigenvalue weighted by Gasteiger charge is 2.32. The zero-order valence-corrected chi connectivity index (χ0v) is 35.2. The number of nitrogens with zero attached hydrogens (tertiary/aromatic N) is 4. The Morgan fingerprint density at radius 1 is 0.582 bits per heavy atom. The number of benzene rings is 2. The van der Waals surface area contributed by atoms with Gasteiger partial charge in [0.05, 0.1) is 34.3 Å². The fourth-order valence-corrected chi connectivity index (χ4v) is 10.3. The first-order valence-electron chi connectivity index (χ1n) is 21.7. The number of aromatic amines is 2. The summed E-state index contributed by atoms with van der Waals surface area (Å²) in [4.78, 5) is 36.5. The summed E-state index contributed by atoms with van der Waals surface area (Å²) in [6, 6.07) is 14.4. The van der Waals surface area contributed by atoms with E-state index in [0.29, 0.717) is 36.4 Å². The number of piperidine rings is 2. The first-order chi connectivity index (χ1) is 26.8. The van der Waals surface area contributed by atoms with E-state index in [4.69, 9.17) is 9.47 Å². The molecule has 8 rings (SSSR count). The summed E-state index contributed by atoms with van der Waals surface area (Å²) in [6.07, 6.45) is 18.2. The summed E-state index contributed by atoms with van der Waals surface area (Å²) in [7, 11) is 0. The first kappa shape index (κ1) is 40.5. The summed E-state index contributed by atoms with van der Waals surface area (Å²) in [5, 5.41) is 0. The molecule has 0 bridgehead atoms. The van der Waals surface area contributed by atoms with Crippen LogP contribution in [0.25, 0.3) is 22.1 Å². The fraction of sp³-hybridized carbons (Fsp3) is 0.682. The van der Waals surface area contributed by atoms with Crippen LogP contribution in [0, 0.1) is 0 Å². The molecule has 4 fully saturated rings. The molecular weight excluding hydrogens is 756 g/mol. The molecule has 0 amide bonds. The van der Waals surface area contributed by atoms with Gasteiger partial charge in [0.15, 0.2) is 0 Å². The molecule has 302 valence electrons. The average molecular weight is 822 g/mol. The highest BCUT2D eigenvalue weighted by molar-refractivity contribution is 9.10. The van der Waals surface area contributed by atoms with Crippen molar-refractivity contribution >= 4 is 38.0 Å². The molecule has 4 aliphatic rings. The third-order valence-corrected chi connectivity index (χ3v) is 13.5. The molecule has 2 aromatic heterocycles. The minimum atomic E-state index is 0.0233. The quantitative estimate of drug-likeness (QED) is 0.157. The SMILES string of the molecule is CCCOC1CCC(N2CCC(n3c(=O)[nH]c4ccc(Br)cc43)CC2)CC1.CCCOC1CCC(N2CCC(n3c(=O)[nH]c4ccc(CC)cc43)CC2)CC1. The number of ether oxygens (including phenoxy) is 2. The molecule has 55 heavy (non-hydrogen) atoms. The maximum atomic E-state index is 12.6. The molecule has 4 aromatic rings. The van der Waals surface area contributed by atoms with E-state index in [2.05, 4.69) is 80.7 Å². The number of nitrogens with one attached hydrogen (secondary N) is 2. The number of halogens is 1. The van der Waals surface area contributed by atoms with Crippen LogP contribution in [0.4, 0.5) is 0 Å². The molecule has 2 saturated carbocycles. The second-order valence-corrected chi connectivity index (χ2v) is 17.5. The van der Waals surface area contributed by atoms with Crippen LogP contribution in [-0.2, 0) is 15.9 Å². The largest absolute Gasteiger partial charge is 0.378 e. The van der Waals surface area contributed by atoms with Crippen molar-refractivity contribution in [2.75, 3.05) is 39.4 Å². The lowest BCUT2D eigenvalue weighted by atomic mass is 9.90. The Labute approximate surface area is 335 Å². The number of H-pyrrole nitrogens is 2. The van der Waals surface area contributed by atoms with Gasteiger partial charge in [0, 0.05) is 68.0 Å². The normalized spacial score (nSPS) is 25.0. The van der Waals surface area contributed by atoms with E-state index in [0.717, 1.165) is 111 Å². The molecule has 11 heteroatoms. The monoisotopic (exact) mass is 820 g/mol. The molecule has 2 aliphatic carbocycles. The summed E-state index contributed by atoms with van der Waals surface area (Å²) in [5.41, 5.74) is 5.36. The number of hydrogen-bond donors (Lipinski definition) is 2. The molecule has 2 aliphatic heterocycles. The summed E-state index contributed by atoms with van der Waals surface area (Å²) in [6.45, 7) is 12.7. The van der Waals surface area contributed by atoms with Gasteiger partial charge in [-0.25, -0.2) is 9.59 Å². The number of aromatic nitrogens is 4. The molecule has 2 aromatic carbocycles. The summed E-state index contributed by atoms with van der Waals surface area (Å²) < 4.78 is 16.9. The Morgan fingerprint density at radius 2 is 1.02 bits per heavy atom. The molecule has 0 spiro atoms. The van der Waals surface area contributed by atoms with Crippen molar-refractivity contribution in [2.45, 2.75) is 153 Å². The van der Waals surface area contributed by atoms with Crippen LogP contribution in [0.5, 0.6) is 0 Å². The van der Waals surface area contributed by atoms with Gasteiger partial charge in [0.25, 0.3) is 0 Å². The topological polar surface area (TPSA) is 101 Å². The lowest BCUT2D eigenvalue weighted by molar-refractivity contribution is 0.00249. The molecule has 0 atom stereocenters. The van der Waals surface area contributed by atoms with E-state index in [-0.39, 0.29) is 11.4 Å². The van der Waals surface area contributed by atoms with Crippen LogP contribution >= 0.6 is 15.9 Å². The Bertz CT molecular complexity index is 1920. The standard InChI is InChI=1S/C23H35N3O2.C21H30BrN3O2/c1-3-15-28-20-8-6-18(7-9-20)25-13-11-19(12-14-25)26-22-16-17(4-2)5-10-21(22)24-23(26)27;1-2-13-27-18-6-4-16(5-7-18)24-11-9-17(10-12-24)25-20-14-15(22)3-8-19(20)23-21(25)26/h5,10,16,18-20H,3-4,6-9,11-15H2,1-2H3,(H,24,27);3,8,14,16-18H,2,4-7,9-13H2,1H3,(H,23,26). The number of rotatable bonds is 11. The Hall–Kier alpha value is -2.70. The fourth-order valence-electron chi connectivity index (χ4n) is 9.95. The number of fused-ring (bicyclic) bond motifs is 2. The van der Waals surface area contributed by atoms with Crippen molar-refractivity contribution in [3.8, 4) is 0 Å². The van der Waals surface area contributed by atoms with E-state index < -0.39 is 0 Å². The Balaban J connectivity index is 0.000000169. The number of imidazole rings is 2. The van der Waals surface area contributed by atoms with Crippen LogP contribution in [0.1, 0.15) is 128 Å². The number of hydrogen-bond acceptors (Lipinski definition) is 6. The van der Waals surface area contributed by atoms with Crippen LogP contribution in [-0.4, -0.2) is 92.6 Å². The van der Waals surface area contributed by atoms with Crippen LogP contribution in [0.3, 0.4) is 0 Å². The van der Waals surface area contributed by atoms with E-state index in [1.54, 1.807) is 0 Å². The predicted octanol–water partition coefficient (Wildman–Crippen LogP) is 8.73. The van der Waals surface area contributed by atoms with Crippen molar-refractivity contribution in [3.05, 3.63) is 67.4 Å². The lowest BCUT2D eigenvalue weighted by Crippen LogP contribution is -2.45. The zero-order valence-electron chi connectivity index (χ0n) is 33.6. The van der Waals surface area contributed by atoms with E-state index >= 15 is 0 Å². The smallest absolute Gasteiger partial charge is 0.326 e. The summed E-state index contributed by atoms with van der Waals surface area (Å²) in [5.74, 6) is 0. The van der Waals surface area contributed by atoms with Gasteiger partial charge in [-0.05, 0) is 132 Å². The molecule has 0 radical (unpaired) electrons. The van der Waals surface area contributed by atoms with Gasteiger partial charge in [0.1, 0.15) is 0 Å². The van der Waals surface area contributed by atoms with Crippen molar-refractivity contribution in [3.63, 3.8) is 0 Å².